The fraction of sp³-hybridized carbons (Fsp3) is 0.323. The molecule has 1 heterocycles. The molecule has 0 radical (unpaired) electrons. The Kier molecular flexibility index (Phi) is 7.68. The summed E-state index contributed by atoms with van der Waals surface area (Å²) in [6, 6.07) is 25.8. The van der Waals surface area contributed by atoms with Crippen LogP contribution >= 0.6 is 0 Å². The van der Waals surface area contributed by atoms with Crippen molar-refractivity contribution in [1.82, 2.24) is 0 Å². The van der Waals surface area contributed by atoms with Crippen molar-refractivity contribution in [1.29, 1.82) is 0 Å². The second-order valence-electron chi connectivity index (χ2n) is 10.0. The molecule has 3 aromatic rings. The molecule has 3 aromatic carbocycles. The molecule has 1 saturated heterocycles. The zero-order chi connectivity index (χ0) is 25.8. The average Bonchev–Trinajstić information content (AvgIpc) is 3.30. The third-order valence-electron chi connectivity index (χ3n) is 6.94. The first kappa shape index (κ1) is 25.4. The van der Waals surface area contributed by atoms with Crippen LogP contribution in [0.25, 0.3) is 5.57 Å². The van der Waals surface area contributed by atoms with Crippen LogP contribution in [0.2, 0.25) is 0 Å². The number of ether oxygens (including phenoxy) is 1. The maximum Gasteiger partial charge on any atom is 0.310 e. The van der Waals surface area contributed by atoms with E-state index in [2.05, 4.69) is 93.6 Å². The van der Waals surface area contributed by atoms with Gasteiger partial charge in [0.1, 0.15) is 0 Å². The molecule has 2 unspecified atom stereocenters. The van der Waals surface area contributed by atoms with Crippen LogP contribution in [-0.4, -0.2) is 54.9 Å². The van der Waals surface area contributed by atoms with Crippen molar-refractivity contribution in [3.63, 3.8) is 0 Å². The first-order valence-electron chi connectivity index (χ1n) is 12.5. The first-order valence-corrected chi connectivity index (χ1v) is 12.5. The summed E-state index contributed by atoms with van der Waals surface area (Å²) in [6.07, 6.45) is 3.00. The molecule has 5 heteroatoms. The molecule has 0 saturated carbocycles. The predicted octanol–water partition coefficient (Wildman–Crippen LogP) is 5.66. The molecule has 0 bridgehead atoms. The SMILES string of the molecule is CN(C)c1ccc(C(=CC(c2ccc(N(C)C)cc2)C2CCOC2=O)c2ccc(N(C)C)cc2)cc1. The maximum absolute atomic E-state index is 12.8. The summed E-state index contributed by atoms with van der Waals surface area (Å²) < 4.78 is 5.42. The molecule has 0 aliphatic carbocycles. The second-order valence-corrected chi connectivity index (χ2v) is 10.0. The Morgan fingerprint density at radius 3 is 1.50 bits per heavy atom. The van der Waals surface area contributed by atoms with E-state index >= 15 is 0 Å². The summed E-state index contributed by atoms with van der Waals surface area (Å²) in [6.45, 7) is 0.480. The van der Waals surface area contributed by atoms with Crippen LogP contribution in [0.1, 0.15) is 29.0 Å². The topological polar surface area (TPSA) is 36.0 Å². The van der Waals surface area contributed by atoms with E-state index in [0.717, 1.165) is 45.7 Å². The van der Waals surface area contributed by atoms with E-state index in [4.69, 9.17) is 4.74 Å². The first-order chi connectivity index (χ1) is 17.2. The van der Waals surface area contributed by atoms with Crippen LogP contribution in [0.15, 0.2) is 78.9 Å². The summed E-state index contributed by atoms with van der Waals surface area (Å²) in [4.78, 5) is 19.1. The number of esters is 1. The molecule has 1 aliphatic rings. The molecule has 0 spiro atoms. The van der Waals surface area contributed by atoms with E-state index in [-0.39, 0.29) is 17.8 Å². The van der Waals surface area contributed by atoms with E-state index < -0.39 is 0 Å². The molecule has 188 valence electrons. The monoisotopic (exact) mass is 483 g/mol. The lowest BCUT2D eigenvalue weighted by molar-refractivity contribution is -0.141. The van der Waals surface area contributed by atoms with Crippen molar-refractivity contribution >= 4 is 28.6 Å². The van der Waals surface area contributed by atoms with E-state index in [1.54, 1.807) is 0 Å². The standard InChI is InChI=1S/C31H37N3O2/c1-32(2)25-13-7-22(8-14-25)29(23-9-15-26(16-10-23)33(3)4)21-30(28-19-20-36-31(28)35)24-11-17-27(18-12-24)34(5)6/h7-18,21,28,30H,19-20H2,1-6H3. The normalized spacial score (nSPS) is 15.7. The Morgan fingerprint density at radius 1 is 0.722 bits per heavy atom. The number of carbonyl (C=O) groups is 1. The summed E-state index contributed by atoms with van der Waals surface area (Å²) in [5.41, 5.74) is 7.92. The Hall–Kier alpha value is -3.73. The van der Waals surface area contributed by atoms with E-state index in [1.807, 2.05) is 42.3 Å². The Labute approximate surface area is 215 Å². The minimum Gasteiger partial charge on any atom is -0.465 e. The zero-order valence-electron chi connectivity index (χ0n) is 22.2. The molecular formula is C31H37N3O2. The second kappa shape index (κ2) is 10.9. The minimum absolute atomic E-state index is 0.0896. The zero-order valence-corrected chi connectivity index (χ0v) is 22.2. The minimum atomic E-state index is -0.202. The van der Waals surface area contributed by atoms with Crippen LogP contribution in [-0.2, 0) is 9.53 Å². The molecule has 2 atom stereocenters. The highest BCUT2D eigenvalue weighted by molar-refractivity contribution is 5.83. The van der Waals surface area contributed by atoms with Gasteiger partial charge in [0, 0.05) is 65.3 Å². The number of anilines is 3. The third-order valence-corrected chi connectivity index (χ3v) is 6.94. The predicted molar refractivity (Wildman–Crippen MR) is 151 cm³/mol. The largest absolute Gasteiger partial charge is 0.465 e. The van der Waals surface area contributed by atoms with Crippen molar-refractivity contribution in [2.45, 2.75) is 12.3 Å². The summed E-state index contributed by atoms with van der Waals surface area (Å²) in [5.74, 6) is -0.404. The number of hydrogen-bond acceptors (Lipinski definition) is 5. The smallest absolute Gasteiger partial charge is 0.310 e. The van der Waals surface area contributed by atoms with Crippen LogP contribution in [0.3, 0.4) is 0 Å². The molecule has 36 heavy (non-hydrogen) atoms. The summed E-state index contributed by atoms with van der Waals surface area (Å²) in [7, 11) is 12.3. The van der Waals surface area contributed by atoms with Gasteiger partial charge in [0.25, 0.3) is 0 Å². The Balaban J connectivity index is 1.85. The number of carbonyl (C=O) groups excluding carboxylic acids is 1. The average molecular weight is 484 g/mol. The summed E-state index contributed by atoms with van der Waals surface area (Å²) >= 11 is 0. The van der Waals surface area contributed by atoms with Crippen molar-refractivity contribution in [3.8, 4) is 0 Å². The van der Waals surface area contributed by atoms with Crippen molar-refractivity contribution in [2.24, 2.45) is 5.92 Å². The highest BCUT2D eigenvalue weighted by atomic mass is 16.5. The van der Waals surface area contributed by atoms with Gasteiger partial charge in [-0.25, -0.2) is 0 Å². The molecule has 4 rings (SSSR count). The quantitative estimate of drug-likeness (QED) is 0.386. The highest BCUT2D eigenvalue weighted by Gasteiger charge is 2.34. The molecule has 0 amide bonds. The van der Waals surface area contributed by atoms with Gasteiger partial charge in [0.2, 0.25) is 0 Å². The fourth-order valence-corrected chi connectivity index (χ4v) is 4.69. The lowest BCUT2D eigenvalue weighted by Gasteiger charge is -2.22. The van der Waals surface area contributed by atoms with Crippen LogP contribution in [0, 0.1) is 5.92 Å². The Bertz CT molecular complexity index is 1140. The van der Waals surface area contributed by atoms with Crippen LogP contribution in [0.5, 0.6) is 0 Å². The van der Waals surface area contributed by atoms with Crippen LogP contribution < -0.4 is 14.7 Å². The lowest BCUT2D eigenvalue weighted by atomic mass is 9.81. The molecule has 1 aliphatic heterocycles. The van der Waals surface area contributed by atoms with Gasteiger partial charge < -0.3 is 19.4 Å². The maximum atomic E-state index is 12.8. The van der Waals surface area contributed by atoms with Gasteiger partial charge in [-0.3, -0.25) is 4.79 Å². The number of hydrogen-bond donors (Lipinski definition) is 0. The van der Waals surface area contributed by atoms with Gasteiger partial charge in [0.05, 0.1) is 12.5 Å². The van der Waals surface area contributed by atoms with E-state index in [1.165, 1.54) is 0 Å². The number of rotatable bonds is 8. The third kappa shape index (κ3) is 5.56. The van der Waals surface area contributed by atoms with Gasteiger partial charge in [-0.1, -0.05) is 42.5 Å². The molecule has 0 N–H and O–H groups in total. The molecule has 5 nitrogen and oxygen atoms in total. The van der Waals surface area contributed by atoms with Crippen molar-refractivity contribution in [2.75, 3.05) is 63.6 Å². The fourth-order valence-electron chi connectivity index (χ4n) is 4.69. The van der Waals surface area contributed by atoms with Gasteiger partial charge in [-0.2, -0.15) is 0 Å². The van der Waals surface area contributed by atoms with E-state index in [0.29, 0.717) is 6.61 Å². The van der Waals surface area contributed by atoms with Crippen molar-refractivity contribution in [3.05, 3.63) is 95.6 Å². The molecule has 1 fully saturated rings. The van der Waals surface area contributed by atoms with Gasteiger partial charge in [0.15, 0.2) is 0 Å². The Morgan fingerprint density at radius 2 is 1.14 bits per heavy atom. The van der Waals surface area contributed by atoms with Gasteiger partial charge in [-0.15, -0.1) is 0 Å². The number of allylic oxidation sites excluding steroid dienone is 1. The lowest BCUT2D eigenvalue weighted by Crippen LogP contribution is -2.17. The van der Waals surface area contributed by atoms with Crippen molar-refractivity contribution < 1.29 is 9.53 Å². The number of nitrogens with zero attached hydrogens (tertiary/aromatic N) is 3. The molecule has 0 aromatic heterocycles. The molecular weight excluding hydrogens is 446 g/mol. The van der Waals surface area contributed by atoms with Gasteiger partial charge >= 0.3 is 5.97 Å². The number of benzene rings is 3. The van der Waals surface area contributed by atoms with E-state index in [9.17, 15) is 4.79 Å². The highest BCUT2D eigenvalue weighted by Crippen LogP contribution is 2.38. The number of cyclic esters (lactones) is 1. The van der Waals surface area contributed by atoms with Gasteiger partial charge in [-0.05, 0) is 65.1 Å². The summed E-state index contributed by atoms with van der Waals surface area (Å²) in [5, 5.41) is 0. The van der Waals surface area contributed by atoms with Crippen LogP contribution in [0.4, 0.5) is 17.1 Å².